The number of nitrogens with two attached hydrogens (primary N) is 1. The Labute approximate surface area is 93.0 Å². The van der Waals surface area contributed by atoms with Crippen LogP contribution in [0.1, 0.15) is 17.3 Å². The summed E-state index contributed by atoms with van der Waals surface area (Å²) in [5, 5.41) is 1.73. The first-order valence-corrected chi connectivity index (χ1v) is 5.03. The minimum atomic E-state index is -0.340. The number of fused-ring (bicyclic) bond motifs is 1. The molecule has 1 heterocycles. The molecule has 4 nitrogen and oxygen atoms in total. The lowest BCUT2D eigenvalue weighted by atomic mass is 10.1. The fourth-order valence-corrected chi connectivity index (χ4v) is 1.53. The van der Waals surface area contributed by atoms with Crippen LogP contribution in [-0.4, -0.2) is 17.6 Å². The van der Waals surface area contributed by atoms with E-state index in [0.717, 1.165) is 10.8 Å². The highest BCUT2D eigenvalue weighted by Gasteiger charge is 2.08. The average molecular weight is 216 g/mol. The summed E-state index contributed by atoms with van der Waals surface area (Å²) in [6.07, 6.45) is 1.64. The lowest BCUT2D eigenvalue weighted by molar-refractivity contribution is 0.0526. The predicted molar refractivity (Wildman–Crippen MR) is 62.1 cm³/mol. The van der Waals surface area contributed by atoms with Gasteiger partial charge in [-0.15, -0.1) is 0 Å². The molecule has 0 spiro atoms. The molecule has 0 aliphatic heterocycles. The van der Waals surface area contributed by atoms with Crippen molar-refractivity contribution in [2.24, 2.45) is 0 Å². The van der Waals surface area contributed by atoms with Gasteiger partial charge in [0.2, 0.25) is 0 Å². The van der Waals surface area contributed by atoms with Crippen LogP contribution in [0.2, 0.25) is 0 Å². The van der Waals surface area contributed by atoms with Crippen molar-refractivity contribution in [3.05, 3.63) is 36.0 Å². The molecule has 0 atom stereocenters. The molecule has 4 heteroatoms. The molecule has 2 aromatic rings. The Bertz CT molecular complexity index is 538. The Morgan fingerprint density at radius 3 is 3.00 bits per heavy atom. The summed E-state index contributed by atoms with van der Waals surface area (Å²) in [5.74, 6) is 0.0799. The van der Waals surface area contributed by atoms with Crippen LogP contribution in [0.3, 0.4) is 0 Å². The number of ether oxygens (including phenoxy) is 1. The monoisotopic (exact) mass is 216 g/mol. The second-order valence-corrected chi connectivity index (χ2v) is 3.35. The summed E-state index contributed by atoms with van der Waals surface area (Å²) >= 11 is 0. The number of nitrogen functional groups attached to an aromatic ring is 1. The van der Waals surface area contributed by atoms with Gasteiger partial charge in [0.15, 0.2) is 0 Å². The Morgan fingerprint density at radius 2 is 2.25 bits per heavy atom. The van der Waals surface area contributed by atoms with E-state index in [4.69, 9.17) is 10.5 Å². The van der Waals surface area contributed by atoms with E-state index >= 15 is 0 Å². The maximum absolute atomic E-state index is 11.5. The van der Waals surface area contributed by atoms with E-state index in [-0.39, 0.29) is 5.97 Å². The van der Waals surface area contributed by atoms with E-state index in [1.807, 2.05) is 12.1 Å². The van der Waals surface area contributed by atoms with Crippen LogP contribution < -0.4 is 5.73 Å². The number of hydrogen-bond acceptors (Lipinski definition) is 4. The molecule has 0 aliphatic rings. The number of hydrogen-bond donors (Lipinski definition) is 1. The van der Waals surface area contributed by atoms with Gasteiger partial charge in [0, 0.05) is 11.6 Å². The smallest absolute Gasteiger partial charge is 0.338 e. The van der Waals surface area contributed by atoms with E-state index in [0.29, 0.717) is 18.0 Å². The SMILES string of the molecule is CCOC(=O)c1ccc2ccnc(N)c2c1. The second kappa shape index (κ2) is 4.18. The zero-order valence-electron chi connectivity index (χ0n) is 8.93. The lowest BCUT2D eigenvalue weighted by Crippen LogP contribution is -2.04. The van der Waals surface area contributed by atoms with Crippen molar-refractivity contribution in [2.75, 3.05) is 12.3 Å². The zero-order valence-corrected chi connectivity index (χ0v) is 8.93. The summed E-state index contributed by atoms with van der Waals surface area (Å²) in [6.45, 7) is 2.13. The van der Waals surface area contributed by atoms with Crippen LogP contribution in [0, 0.1) is 0 Å². The minimum Gasteiger partial charge on any atom is -0.462 e. The quantitative estimate of drug-likeness (QED) is 0.780. The Kier molecular flexibility index (Phi) is 2.72. The van der Waals surface area contributed by atoms with Gasteiger partial charge in [-0.2, -0.15) is 0 Å². The van der Waals surface area contributed by atoms with Gasteiger partial charge in [0.25, 0.3) is 0 Å². The van der Waals surface area contributed by atoms with Crippen molar-refractivity contribution in [3.8, 4) is 0 Å². The molecule has 0 aliphatic carbocycles. The number of anilines is 1. The Hall–Kier alpha value is -2.10. The first-order valence-electron chi connectivity index (χ1n) is 5.03. The van der Waals surface area contributed by atoms with Gasteiger partial charge in [-0.3, -0.25) is 0 Å². The van der Waals surface area contributed by atoms with Gasteiger partial charge >= 0.3 is 5.97 Å². The molecule has 2 N–H and O–H groups in total. The number of benzene rings is 1. The molecule has 0 bridgehead atoms. The third kappa shape index (κ3) is 1.82. The highest BCUT2D eigenvalue weighted by molar-refractivity contribution is 5.98. The number of pyridine rings is 1. The fraction of sp³-hybridized carbons (Fsp3) is 0.167. The molecule has 0 radical (unpaired) electrons. The first-order chi connectivity index (χ1) is 7.72. The van der Waals surface area contributed by atoms with E-state index in [1.54, 1.807) is 25.3 Å². The highest BCUT2D eigenvalue weighted by Crippen LogP contribution is 2.20. The van der Waals surface area contributed by atoms with Gasteiger partial charge in [-0.25, -0.2) is 9.78 Å². The van der Waals surface area contributed by atoms with Crippen LogP contribution in [0.25, 0.3) is 10.8 Å². The number of aromatic nitrogens is 1. The van der Waals surface area contributed by atoms with Crippen molar-refractivity contribution in [3.63, 3.8) is 0 Å². The predicted octanol–water partition coefficient (Wildman–Crippen LogP) is 1.99. The number of carbonyl (C=O) groups is 1. The molecule has 0 saturated heterocycles. The topological polar surface area (TPSA) is 65.2 Å². The van der Waals surface area contributed by atoms with E-state index in [9.17, 15) is 4.79 Å². The van der Waals surface area contributed by atoms with Crippen molar-refractivity contribution >= 4 is 22.6 Å². The summed E-state index contributed by atoms with van der Waals surface area (Å²) in [6, 6.07) is 7.11. The largest absolute Gasteiger partial charge is 0.462 e. The van der Waals surface area contributed by atoms with Crippen LogP contribution in [-0.2, 0) is 4.74 Å². The van der Waals surface area contributed by atoms with Gasteiger partial charge in [-0.1, -0.05) is 6.07 Å². The third-order valence-corrected chi connectivity index (χ3v) is 2.31. The third-order valence-electron chi connectivity index (χ3n) is 2.31. The molecule has 1 aromatic heterocycles. The molecule has 1 aromatic carbocycles. The summed E-state index contributed by atoms with van der Waals surface area (Å²) < 4.78 is 4.92. The van der Waals surface area contributed by atoms with Crippen LogP contribution >= 0.6 is 0 Å². The highest BCUT2D eigenvalue weighted by atomic mass is 16.5. The van der Waals surface area contributed by atoms with Gasteiger partial charge < -0.3 is 10.5 Å². The van der Waals surface area contributed by atoms with Crippen LogP contribution in [0.15, 0.2) is 30.5 Å². The summed E-state index contributed by atoms with van der Waals surface area (Å²) in [4.78, 5) is 15.5. The van der Waals surface area contributed by atoms with E-state index in [2.05, 4.69) is 4.98 Å². The van der Waals surface area contributed by atoms with Crippen molar-refractivity contribution in [1.29, 1.82) is 0 Å². The van der Waals surface area contributed by atoms with Crippen molar-refractivity contribution in [2.45, 2.75) is 6.92 Å². The Balaban J connectivity index is 2.51. The average Bonchev–Trinajstić information content (AvgIpc) is 2.29. The first kappa shape index (κ1) is 10.4. The van der Waals surface area contributed by atoms with Gasteiger partial charge in [0.05, 0.1) is 12.2 Å². The molecular formula is C12H12N2O2. The lowest BCUT2D eigenvalue weighted by Gasteiger charge is -2.04. The molecule has 0 saturated carbocycles. The number of carbonyl (C=O) groups excluding carboxylic acids is 1. The summed E-state index contributed by atoms with van der Waals surface area (Å²) in [5.41, 5.74) is 6.23. The van der Waals surface area contributed by atoms with Gasteiger partial charge in [0.1, 0.15) is 5.82 Å². The molecule has 0 fully saturated rings. The van der Waals surface area contributed by atoms with Crippen molar-refractivity contribution < 1.29 is 9.53 Å². The molecule has 16 heavy (non-hydrogen) atoms. The zero-order chi connectivity index (χ0) is 11.5. The maximum atomic E-state index is 11.5. The van der Waals surface area contributed by atoms with E-state index < -0.39 is 0 Å². The number of nitrogens with zero attached hydrogens (tertiary/aromatic N) is 1. The molecule has 82 valence electrons. The standard InChI is InChI=1S/C12H12N2O2/c1-2-16-12(15)9-4-3-8-5-6-14-11(13)10(8)7-9/h3-7H,2H2,1H3,(H2,13,14). The van der Waals surface area contributed by atoms with Gasteiger partial charge in [-0.05, 0) is 30.5 Å². The Morgan fingerprint density at radius 1 is 1.44 bits per heavy atom. The number of rotatable bonds is 2. The molecule has 2 rings (SSSR count). The normalized spacial score (nSPS) is 10.3. The fourth-order valence-electron chi connectivity index (χ4n) is 1.53. The molecule has 0 unspecified atom stereocenters. The molecular weight excluding hydrogens is 204 g/mol. The summed E-state index contributed by atoms with van der Waals surface area (Å²) in [7, 11) is 0. The minimum absolute atomic E-state index is 0.340. The second-order valence-electron chi connectivity index (χ2n) is 3.35. The number of esters is 1. The molecule has 0 amide bonds. The van der Waals surface area contributed by atoms with E-state index in [1.165, 1.54) is 0 Å². The maximum Gasteiger partial charge on any atom is 0.338 e. The van der Waals surface area contributed by atoms with Crippen LogP contribution in [0.4, 0.5) is 5.82 Å². The van der Waals surface area contributed by atoms with Crippen LogP contribution in [0.5, 0.6) is 0 Å². The van der Waals surface area contributed by atoms with Crippen molar-refractivity contribution in [1.82, 2.24) is 4.98 Å².